The summed E-state index contributed by atoms with van der Waals surface area (Å²) in [6.45, 7) is 13.6. The maximum Gasteiger partial charge on any atom is 0.194 e. The maximum absolute atomic E-state index is 5.59. The molecule has 2 saturated heterocycles. The van der Waals surface area contributed by atoms with Gasteiger partial charge >= 0.3 is 0 Å². The van der Waals surface area contributed by atoms with E-state index in [0.717, 1.165) is 58.4 Å². The number of likely N-dealkylation sites (tertiary alicyclic amines) is 1. The van der Waals surface area contributed by atoms with Gasteiger partial charge in [0.25, 0.3) is 0 Å². The summed E-state index contributed by atoms with van der Waals surface area (Å²) in [4.78, 5) is 14.7. The fourth-order valence-electron chi connectivity index (χ4n) is 5.67. The highest BCUT2D eigenvalue weighted by atomic mass is 127. The van der Waals surface area contributed by atoms with Crippen LogP contribution in [0.4, 0.5) is 0 Å². The van der Waals surface area contributed by atoms with E-state index in [4.69, 9.17) is 9.73 Å². The highest BCUT2D eigenvalue weighted by molar-refractivity contribution is 14.0. The molecule has 3 aliphatic rings. The maximum atomic E-state index is 5.59. The second-order valence-electron chi connectivity index (χ2n) is 9.91. The van der Waals surface area contributed by atoms with Crippen LogP contribution in [0.5, 0.6) is 0 Å². The molecule has 8 heteroatoms. The van der Waals surface area contributed by atoms with Gasteiger partial charge in [-0.2, -0.15) is 0 Å². The van der Waals surface area contributed by atoms with E-state index in [9.17, 15) is 0 Å². The fourth-order valence-corrected chi connectivity index (χ4v) is 5.67. The normalized spacial score (nSPS) is 27.1. The minimum absolute atomic E-state index is 0. The zero-order chi connectivity index (χ0) is 21.5. The van der Waals surface area contributed by atoms with Crippen LogP contribution in [0, 0.1) is 11.3 Å². The lowest BCUT2D eigenvalue weighted by atomic mass is 9.73. The van der Waals surface area contributed by atoms with Gasteiger partial charge in [0.2, 0.25) is 0 Å². The molecule has 1 N–H and O–H groups in total. The Morgan fingerprint density at radius 3 is 2.66 bits per heavy atom. The van der Waals surface area contributed by atoms with Crippen LogP contribution in [0.1, 0.15) is 58.4 Å². The number of aromatic nitrogens is 2. The van der Waals surface area contributed by atoms with Crippen LogP contribution in [0.2, 0.25) is 0 Å². The van der Waals surface area contributed by atoms with Crippen molar-refractivity contribution >= 4 is 29.9 Å². The van der Waals surface area contributed by atoms with Gasteiger partial charge in [0.1, 0.15) is 0 Å². The van der Waals surface area contributed by atoms with Crippen LogP contribution in [-0.4, -0.2) is 84.3 Å². The van der Waals surface area contributed by atoms with Gasteiger partial charge in [-0.05, 0) is 32.1 Å². The molecular weight excluding hydrogens is 515 g/mol. The summed E-state index contributed by atoms with van der Waals surface area (Å²) in [6, 6.07) is 0.456. The molecular formula is C24H43IN6O. The molecule has 0 aromatic carbocycles. The molecule has 0 amide bonds. The lowest BCUT2D eigenvalue weighted by molar-refractivity contribution is 0.00930. The van der Waals surface area contributed by atoms with E-state index < -0.39 is 0 Å². The van der Waals surface area contributed by atoms with E-state index in [1.165, 1.54) is 45.1 Å². The number of nitrogens with zero attached hydrogens (tertiary/aromatic N) is 5. The Kier molecular flexibility index (Phi) is 10.1. The third-order valence-electron chi connectivity index (χ3n) is 7.60. The van der Waals surface area contributed by atoms with Crippen molar-refractivity contribution in [2.45, 2.75) is 58.4 Å². The molecule has 2 aliphatic heterocycles. The smallest absolute Gasteiger partial charge is 0.194 e. The molecule has 3 heterocycles. The third kappa shape index (κ3) is 6.59. The summed E-state index contributed by atoms with van der Waals surface area (Å²) in [5, 5.41) is 3.61. The van der Waals surface area contributed by atoms with Gasteiger partial charge in [0, 0.05) is 63.6 Å². The van der Waals surface area contributed by atoms with Crippen molar-refractivity contribution in [1.82, 2.24) is 24.7 Å². The SMILES string of the molecule is CCNC(=NCC1(CN2CCOCC2)CCCCC1)N1CCC(C)C(n2ccnc2)C1.I. The second kappa shape index (κ2) is 12.6. The lowest BCUT2D eigenvalue weighted by Gasteiger charge is -2.42. The highest BCUT2D eigenvalue weighted by Gasteiger charge is 2.35. The Morgan fingerprint density at radius 1 is 1.19 bits per heavy atom. The third-order valence-corrected chi connectivity index (χ3v) is 7.60. The van der Waals surface area contributed by atoms with E-state index in [-0.39, 0.29) is 24.0 Å². The van der Waals surface area contributed by atoms with Crippen molar-refractivity contribution in [2.24, 2.45) is 16.3 Å². The first-order chi connectivity index (χ1) is 15.2. The predicted octanol–water partition coefficient (Wildman–Crippen LogP) is 3.63. The van der Waals surface area contributed by atoms with Crippen LogP contribution in [-0.2, 0) is 4.74 Å². The molecule has 182 valence electrons. The quantitative estimate of drug-likeness (QED) is 0.329. The van der Waals surface area contributed by atoms with Crippen LogP contribution in [0.3, 0.4) is 0 Å². The van der Waals surface area contributed by atoms with Crippen LogP contribution in [0.25, 0.3) is 0 Å². The van der Waals surface area contributed by atoms with E-state index >= 15 is 0 Å². The van der Waals surface area contributed by atoms with Crippen LogP contribution < -0.4 is 5.32 Å². The summed E-state index contributed by atoms with van der Waals surface area (Å²) in [7, 11) is 0. The summed E-state index contributed by atoms with van der Waals surface area (Å²) in [5.41, 5.74) is 0.323. The molecule has 0 radical (unpaired) electrons. The van der Waals surface area contributed by atoms with Crippen molar-refractivity contribution in [3.8, 4) is 0 Å². The number of piperidine rings is 1. The molecule has 1 aromatic heterocycles. The number of morpholine rings is 1. The molecule has 2 atom stereocenters. The Balaban J connectivity index is 0.00000289. The number of rotatable bonds is 6. The average Bonchev–Trinajstić information content (AvgIpc) is 3.33. The first-order valence-corrected chi connectivity index (χ1v) is 12.5. The number of hydrogen-bond acceptors (Lipinski definition) is 4. The molecule has 7 nitrogen and oxygen atoms in total. The van der Waals surface area contributed by atoms with Gasteiger partial charge in [-0.25, -0.2) is 4.98 Å². The van der Waals surface area contributed by atoms with E-state index in [1.54, 1.807) is 0 Å². The van der Waals surface area contributed by atoms with Crippen molar-refractivity contribution in [1.29, 1.82) is 0 Å². The van der Waals surface area contributed by atoms with Crippen LogP contribution >= 0.6 is 24.0 Å². The molecule has 32 heavy (non-hydrogen) atoms. The van der Waals surface area contributed by atoms with Gasteiger partial charge in [0.15, 0.2) is 5.96 Å². The highest BCUT2D eigenvalue weighted by Crippen LogP contribution is 2.38. The zero-order valence-corrected chi connectivity index (χ0v) is 22.4. The molecule has 4 rings (SSSR count). The molecule has 1 aliphatic carbocycles. The standard InChI is InChI=1S/C24H42N6O.HI/c1-3-26-23(29-11-7-21(2)22(17-29)30-12-10-25-20-30)27-18-24(8-5-4-6-9-24)19-28-13-15-31-16-14-28;/h10,12,20-22H,3-9,11,13-19H2,1-2H3,(H,26,27);1H. The Morgan fingerprint density at radius 2 is 1.97 bits per heavy atom. The van der Waals surface area contributed by atoms with Gasteiger partial charge in [-0.1, -0.05) is 26.2 Å². The monoisotopic (exact) mass is 558 g/mol. The summed E-state index contributed by atoms with van der Waals surface area (Å²) >= 11 is 0. The van der Waals surface area contributed by atoms with E-state index in [1.807, 2.05) is 12.5 Å². The molecule has 1 aromatic rings. The summed E-state index contributed by atoms with van der Waals surface area (Å²) < 4.78 is 7.87. The number of ether oxygens (including phenoxy) is 1. The number of nitrogens with one attached hydrogen (secondary N) is 1. The van der Waals surface area contributed by atoms with Crippen LogP contribution in [0.15, 0.2) is 23.7 Å². The van der Waals surface area contributed by atoms with E-state index in [0.29, 0.717) is 17.4 Å². The lowest BCUT2D eigenvalue weighted by Crippen LogP contribution is -2.50. The minimum Gasteiger partial charge on any atom is -0.379 e. The Labute approximate surface area is 211 Å². The van der Waals surface area contributed by atoms with Gasteiger partial charge in [0.05, 0.1) is 25.6 Å². The predicted molar refractivity (Wildman–Crippen MR) is 141 cm³/mol. The zero-order valence-electron chi connectivity index (χ0n) is 20.0. The molecule has 2 unspecified atom stereocenters. The van der Waals surface area contributed by atoms with Gasteiger partial charge < -0.3 is 19.5 Å². The largest absolute Gasteiger partial charge is 0.379 e. The van der Waals surface area contributed by atoms with Crippen molar-refractivity contribution in [3.63, 3.8) is 0 Å². The average molecular weight is 559 g/mol. The number of imidazole rings is 1. The van der Waals surface area contributed by atoms with E-state index in [2.05, 4.69) is 44.7 Å². The fraction of sp³-hybridized carbons (Fsp3) is 0.833. The number of halogens is 1. The molecule has 0 spiro atoms. The van der Waals surface area contributed by atoms with Crippen molar-refractivity contribution in [3.05, 3.63) is 18.7 Å². The first-order valence-electron chi connectivity index (χ1n) is 12.5. The number of aliphatic imine (C=N–C) groups is 1. The van der Waals surface area contributed by atoms with Crippen molar-refractivity contribution in [2.75, 3.05) is 59.0 Å². The molecule has 1 saturated carbocycles. The summed E-state index contributed by atoms with van der Waals surface area (Å²) in [6.07, 6.45) is 13.8. The Hall–Kier alpha value is -0.870. The van der Waals surface area contributed by atoms with Crippen molar-refractivity contribution < 1.29 is 4.74 Å². The number of hydrogen-bond donors (Lipinski definition) is 1. The topological polar surface area (TPSA) is 57.9 Å². The molecule has 0 bridgehead atoms. The Bertz CT molecular complexity index is 685. The molecule has 3 fully saturated rings. The minimum atomic E-state index is 0. The van der Waals surface area contributed by atoms with Gasteiger partial charge in [-0.15, -0.1) is 24.0 Å². The summed E-state index contributed by atoms with van der Waals surface area (Å²) in [5.74, 6) is 1.76. The first kappa shape index (κ1) is 25.7. The number of guanidine groups is 1. The van der Waals surface area contributed by atoms with Gasteiger partial charge in [-0.3, -0.25) is 9.89 Å². The second-order valence-corrected chi connectivity index (χ2v) is 9.91.